The Hall–Kier alpha value is -3.37. The summed E-state index contributed by atoms with van der Waals surface area (Å²) in [6.07, 6.45) is 0. The molecule has 0 unspecified atom stereocenters. The molecule has 2 heterocycles. The van der Waals surface area contributed by atoms with E-state index >= 15 is 0 Å². The highest BCUT2D eigenvalue weighted by Gasteiger charge is 2.20. The number of amides is 1. The van der Waals surface area contributed by atoms with Crippen molar-refractivity contribution in [2.45, 2.75) is 11.7 Å². The van der Waals surface area contributed by atoms with Crippen molar-refractivity contribution in [2.24, 2.45) is 14.1 Å². The fourth-order valence-electron chi connectivity index (χ4n) is 3.39. The number of thioether (sulfide) groups is 1. The quantitative estimate of drug-likeness (QED) is 0.422. The third-order valence-corrected chi connectivity index (χ3v) is 6.19. The Kier molecular flexibility index (Phi) is 6.39. The van der Waals surface area contributed by atoms with Gasteiger partial charge in [0, 0.05) is 24.8 Å². The second kappa shape index (κ2) is 9.24. The van der Waals surface area contributed by atoms with Crippen molar-refractivity contribution >= 4 is 46.1 Å². The minimum absolute atomic E-state index is 0.0381. The molecule has 4 rings (SSSR count). The third kappa shape index (κ3) is 4.71. The Labute approximate surface area is 196 Å². The van der Waals surface area contributed by atoms with Gasteiger partial charge in [0.05, 0.1) is 12.3 Å². The van der Waals surface area contributed by atoms with Crippen LogP contribution in [-0.4, -0.2) is 30.3 Å². The highest BCUT2D eigenvalue weighted by Crippen LogP contribution is 2.24. The van der Waals surface area contributed by atoms with Crippen molar-refractivity contribution in [1.29, 1.82) is 0 Å². The Morgan fingerprint density at radius 3 is 2.61 bits per heavy atom. The Bertz CT molecular complexity index is 1490. The first kappa shape index (κ1) is 22.8. The number of benzene rings is 2. The molecule has 2 aromatic heterocycles. The molecule has 1 N–H and O–H groups in total. The summed E-state index contributed by atoms with van der Waals surface area (Å²) >= 11 is 7.22. The molecular formula is C22H19ClFN5O3S. The molecule has 0 aliphatic carbocycles. The van der Waals surface area contributed by atoms with Gasteiger partial charge in [-0.3, -0.25) is 18.7 Å². The Balaban J connectivity index is 1.71. The smallest absolute Gasteiger partial charge is 0.325 e. The van der Waals surface area contributed by atoms with Crippen LogP contribution in [0.15, 0.2) is 63.3 Å². The number of carbonyl (C=O) groups excluding carboxylic acids is 1. The molecule has 0 saturated carbocycles. The van der Waals surface area contributed by atoms with E-state index in [4.69, 9.17) is 11.6 Å². The third-order valence-electron chi connectivity index (χ3n) is 4.98. The molecule has 0 aliphatic rings. The lowest BCUT2D eigenvalue weighted by atomic mass is 10.2. The zero-order valence-electron chi connectivity index (χ0n) is 17.7. The number of aryl methyl sites for hydroxylation is 1. The molecule has 0 bridgehead atoms. The van der Waals surface area contributed by atoms with Gasteiger partial charge in [-0.25, -0.2) is 14.2 Å². The average Bonchev–Trinajstić information content (AvgIpc) is 3.13. The monoisotopic (exact) mass is 487 g/mol. The maximum absolute atomic E-state index is 13.4. The number of rotatable bonds is 6. The van der Waals surface area contributed by atoms with Crippen molar-refractivity contribution < 1.29 is 9.18 Å². The summed E-state index contributed by atoms with van der Waals surface area (Å²) in [4.78, 5) is 42.3. The lowest BCUT2D eigenvalue weighted by molar-refractivity contribution is -0.113. The van der Waals surface area contributed by atoms with E-state index in [1.807, 2.05) is 6.07 Å². The van der Waals surface area contributed by atoms with Crippen molar-refractivity contribution in [3.63, 3.8) is 0 Å². The molecule has 0 saturated heterocycles. The molecule has 8 nitrogen and oxygen atoms in total. The maximum Gasteiger partial charge on any atom is 0.332 e. The van der Waals surface area contributed by atoms with E-state index in [-0.39, 0.29) is 29.4 Å². The van der Waals surface area contributed by atoms with E-state index in [2.05, 4.69) is 10.3 Å². The number of carbonyl (C=O) groups is 1. The SMILES string of the molecule is Cn1c(=O)c2c(nc(SCC(=O)Nc3cccc(F)c3)n2Cc2cccc(Cl)c2)n(C)c1=O. The molecule has 170 valence electrons. The van der Waals surface area contributed by atoms with Crippen LogP contribution in [0.1, 0.15) is 5.56 Å². The van der Waals surface area contributed by atoms with Crippen LogP contribution in [0.3, 0.4) is 0 Å². The van der Waals surface area contributed by atoms with E-state index in [1.165, 1.54) is 36.9 Å². The molecule has 2 aromatic carbocycles. The van der Waals surface area contributed by atoms with Crippen molar-refractivity contribution in [1.82, 2.24) is 18.7 Å². The number of nitrogens with zero attached hydrogens (tertiary/aromatic N) is 4. The largest absolute Gasteiger partial charge is 0.332 e. The number of imidazole rings is 1. The fourth-order valence-corrected chi connectivity index (χ4v) is 4.40. The molecule has 0 fully saturated rings. The summed E-state index contributed by atoms with van der Waals surface area (Å²) in [5, 5.41) is 3.56. The minimum atomic E-state index is -0.500. The van der Waals surface area contributed by atoms with Crippen LogP contribution in [0.4, 0.5) is 10.1 Å². The second-order valence-electron chi connectivity index (χ2n) is 7.34. The number of anilines is 1. The van der Waals surface area contributed by atoms with Gasteiger partial charge in [0.25, 0.3) is 5.56 Å². The molecule has 0 atom stereocenters. The van der Waals surface area contributed by atoms with Gasteiger partial charge in [-0.15, -0.1) is 0 Å². The van der Waals surface area contributed by atoms with E-state index in [9.17, 15) is 18.8 Å². The van der Waals surface area contributed by atoms with Crippen molar-refractivity contribution in [3.05, 3.63) is 85.8 Å². The van der Waals surface area contributed by atoms with Crippen LogP contribution in [0.5, 0.6) is 0 Å². The first-order valence-corrected chi connectivity index (χ1v) is 11.2. The van der Waals surface area contributed by atoms with Gasteiger partial charge in [0.15, 0.2) is 16.3 Å². The summed E-state index contributed by atoms with van der Waals surface area (Å²) in [5.74, 6) is -0.863. The Morgan fingerprint density at radius 1 is 1.12 bits per heavy atom. The van der Waals surface area contributed by atoms with Crippen LogP contribution >= 0.6 is 23.4 Å². The second-order valence-corrected chi connectivity index (χ2v) is 8.71. The van der Waals surface area contributed by atoms with Gasteiger partial charge in [-0.2, -0.15) is 0 Å². The average molecular weight is 488 g/mol. The van der Waals surface area contributed by atoms with Crippen LogP contribution in [0.2, 0.25) is 5.02 Å². The number of fused-ring (bicyclic) bond motifs is 1. The van der Waals surface area contributed by atoms with Gasteiger partial charge in [-0.05, 0) is 35.9 Å². The van der Waals surface area contributed by atoms with Crippen molar-refractivity contribution in [2.75, 3.05) is 11.1 Å². The van der Waals surface area contributed by atoms with Gasteiger partial charge in [0.1, 0.15) is 5.82 Å². The molecule has 11 heteroatoms. The van der Waals surface area contributed by atoms with Crippen LogP contribution < -0.4 is 16.6 Å². The summed E-state index contributed by atoms with van der Waals surface area (Å²) in [7, 11) is 2.94. The summed E-state index contributed by atoms with van der Waals surface area (Å²) in [6.45, 7) is 0.262. The molecule has 0 radical (unpaired) electrons. The first-order valence-electron chi connectivity index (χ1n) is 9.83. The van der Waals surface area contributed by atoms with Gasteiger partial charge >= 0.3 is 5.69 Å². The number of nitrogens with one attached hydrogen (secondary N) is 1. The lowest BCUT2D eigenvalue weighted by Crippen LogP contribution is -2.37. The molecule has 0 spiro atoms. The number of aromatic nitrogens is 4. The minimum Gasteiger partial charge on any atom is -0.325 e. The molecule has 0 aliphatic heterocycles. The lowest BCUT2D eigenvalue weighted by Gasteiger charge is -2.10. The molecule has 1 amide bonds. The topological polar surface area (TPSA) is 90.9 Å². The zero-order chi connectivity index (χ0) is 23.7. The normalized spacial score (nSPS) is 11.2. The van der Waals surface area contributed by atoms with Crippen molar-refractivity contribution in [3.8, 4) is 0 Å². The first-order chi connectivity index (χ1) is 15.7. The van der Waals surface area contributed by atoms with Gasteiger partial charge < -0.3 is 9.88 Å². The Morgan fingerprint density at radius 2 is 1.88 bits per heavy atom. The van der Waals surface area contributed by atoms with Crippen LogP contribution in [-0.2, 0) is 25.4 Å². The van der Waals surface area contributed by atoms with E-state index < -0.39 is 17.1 Å². The highest BCUT2D eigenvalue weighted by atomic mass is 35.5. The van der Waals surface area contributed by atoms with E-state index in [0.29, 0.717) is 15.9 Å². The van der Waals surface area contributed by atoms with E-state index in [1.54, 1.807) is 28.8 Å². The van der Waals surface area contributed by atoms with E-state index in [0.717, 1.165) is 21.9 Å². The predicted octanol–water partition coefficient (Wildman–Crippen LogP) is 3.01. The number of hydrogen-bond acceptors (Lipinski definition) is 5. The standard InChI is InChI=1S/C22H19ClFN5O3S/c1-27-19-18(20(31)28(2)22(27)32)29(11-13-5-3-6-14(23)9-13)21(26-19)33-12-17(30)25-16-8-4-7-15(24)10-16/h3-10H,11-12H2,1-2H3,(H,25,30). The summed E-state index contributed by atoms with van der Waals surface area (Å²) in [6, 6.07) is 12.7. The van der Waals surface area contributed by atoms with Gasteiger partial charge in [0.2, 0.25) is 5.91 Å². The maximum atomic E-state index is 13.4. The van der Waals surface area contributed by atoms with Crippen LogP contribution in [0, 0.1) is 5.82 Å². The summed E-state index contributed by atoms with van der Waals surface area (Å²) in [5.41, 5.74) is 0.637. The molecule has 4 aromatic rings. The zero-order valence-corrected chi connectivity index (χ0v) is 19.3. The van der Waals surface area contributed by atoms with Crippen LogP contribution in [0.25, 0.3) is 11.2 Å². The fraction of sp³-hybridized carbons (Fsp3) is 0.182. The summed E-state index contributed by atoms with van der Waals surface area (Å²) < 4.78 is 17.4. The predicted molar refractivity (Wildman–Crippen MR) is 127 cm³/mol. The molecule has 33 heavy (non-hydrogen) atoms. The number of hydrogen-bond donors (Lipinski definition) is 1. The van der Waals surface area contributed by atoms with Gasteiger partial charge in [-0.1, -0.05) is 41.6 Å². The molecular weight excluding hydrogens is 469 g/mol. The highest BCUT2D eigenvalue weighted by molar-refractivity contribution is 7.99. The number of halogens is 2.